The summed E-state index contributed by atoms with van der Waals surface area (Å²) in [5.41, 5.74) is -0.403. The molecule has 0 spiro atoms. The van der Waals surface area contributed by atoms with Crippen molar-refractivity contribution in [1.82, 2.24) is 5.32 Å². The molecule has 2 rings (SSSR count). The first kappa shape index (κ1) is 14.2. The Labute approximate surface area is 114 Å². The molecule has 0 aromatic heterocycles. The van der Waals surface area contributed by atoms with Gasteiger partial charge < -0.3 is 10.4 Å². The van der Waals surface area contributed by atoms with Crippen molar-refractivity contribution in [2.45, 2.75) is 37.8 Å². The van der Waals surface area contributed by atoms with Crippen molar-refractivity contribution in [3.63, 3.8) is 0 Å². The van der Waals surface area contributed by atoms with Crippen LogP contribution in [-0.4, -0.2) is 23.2 Å². The third-order valence-electron chi connectivity index (χ3n) is 3.30. The lowest BCUT2D eigenvalue weighted by Gasteiger charge is -2.28. The van der Waals surface area contributed by atoms with Crippen molar-refractivity contribution in [1.29, 1.82) is 0 Å². The topological polar surface area (TPSA) is 49.3 Å². The zero-order valence-electron chi connectivity index (χ0n) is 10.1. The van der Waals surface area contributed by atoms with Gasteiger partial charge in [0.15, 0.2) is 0 Å². The van der Waals surface area contributed by atoms with Gasteiger partial charge in [-0.05, 0) is 25.0 Å². The number of aliphatic hydroxyl groups excluding tert-OH is 1. The van der Waals surface area contributed by atoms with E-state index in [1.807, 2.05) is 0 Å². The first-order chi connectivity index (χ1) is 8.99. The Morgan fingerprint density at radius 1 is 1.26 bits per heavy atom. The molecule has 3 nitrogen and oxygen atoms in total. The van der Waals surface area contributed by atoms with Crippen molar-refractivity contribution >= 4 is 17.5 Å². The van der Waals surface area contributed by atoms with Gasteiger partial charge in [-0.25, -0.2) is 8.78 Å². The first-order valence-electron chi connectivity index (χ1n) is 6.12. The molecule has 0 unspecified atom stereocenters. The Morgan fingerprint density at radius 3 is 2.63 bits per heavy atom. The Kier molecular flexibility index (Phi) is 4.37. The van der Waals surface area contributed by atoms with Crippen LogP contribution in [0.25, 0.3) is 0 Å². The van der Waals surface area contributed by atoms with E-state index in [2.05, 4.69) is 5.32 Å². The maximum Gasteiger partial charge on any atom is 0.254 e. The van der Waals surface area contributed by atoms with E-state index < -0.39 is 35.3 Å². The highest BCUT2D eigenvalue weighted by molar-refractivity contribution is 6.30. The predicted octanol–water partition coefficient (Wildman–Crippen LogP) is 2.65. The summed E-state index contributed by atoms with van der Waals surface area (Å²) in [4.78, 5) is 11.9. The number of rotatable bonds is 2. The smallest absolute Gasteiger partial charge is 0.254 e. The van der Waals surface area contributed by atoms with E-state index >= 15 is 0 Å². The second-order valence-electron chi connectivity index (χ2n) is 4.68. The van der Waals surface area contributed by atoms with E-state index in [1.165, 1.54) is 0 Å². The lowest BCUT2D eigenvalue weighted by molar-refractivity contribution is 0.0714. The van der Waals surface area contributed by atoms with Gasteiger partial charge in [0.2, 0.25) is 0 Å². The normalized spacial score (nSPS) is 23.2. The largest absolute Gasteiger partial charge is 0.391 e. The van der Waals surface area contributed by atoms with Gasteiger partial charge in [0.1, 0.15) is 11.6 Å². The first-order valence-corrected chi connectivity index (χ1v) is 6.50. The van der Waals surface area contributed by atoms with E-state index in [9.17, 15) is 18.7 Å². The van der Waals surface area contributed by atoms with E-state index in [1.54, 1.807) is 0 Å². The van der Waals surface area contributed by atoms with Gasteiger partial charge in [-0.2, -0.15) is 0 Å². The molecule has 104 valence electrons. The summed E-state index contributed by atoms with van der Waals surface area (Å²) in [6.07, 6.45) is 2.38. The molecule has 0 radical (unpaired) electrons. The molecular formula is C13H14ClF2NO2. The molecule has 1 aromatic rings. The van der Waals surface area contributed by atoms with Crippen LogP contribution in [0.15, 0.2) is 12.1 Å². The Balaban J connectivity index is 2.13. The number of nitrogens with one attached hydrogen (secondary N) is 1. The summed E-state index contributed by atoms with van der Waals surface area (Å²) < 4.78 is 26.8. The number of aliphatic hydroxyl groups is 1. The quantitative estimate of drug-likeness (QED) is 0.822. The van der Waals surface area contributed by atoms with Crippen molar-refractivity contribution in [2.75, 3.05) is 0 Å². The number of hydrogen-bond donors (Lipinski definition) is 2. The molecule has 2 N–H and O–H groups in total. The molecule has 1 fully saturated rings. The highest BCUT2D eigenvalue weighted by Crippen LogP contribution is 2.21. The summed E-state index contributed by atoms with van der Waals surface area (Å²) in [5, 5.41) is 11.9. The lowest BCUT2D eigenvalue weighted by Crippen LogP contribution is -2.45. The van der Waals surface area contributed by atoms with E-state index in [4.69, 9.17) is 11.6 Å². The van der Waals surface area contributed by atoms with Crippen LogP contribution < -0.4 is 5.32 Å². The SMILES string of the molecule is O=C(N[C@H]1CCCC[C@@H]1O)c1cc(F)c(Cl)cc1F. The van der Waals surface area contributed by atoms with E-state index in [0.717, 1.165) is 25.0 Å². The summed E-state index contributed by atoms with van der Waals surface area (Å²) in [5.74, 6) is -2.47. The fraction of sp³-hybridized carbons (Fsp3) is 0.462. The predicted molar refractivity (Wildman–Crippen MR) is 67.1 cm³/mol. The molecule has 0 bridgehead atoms. The highest BCUT2D eigenvalue weighted by atomic mass is 35.5. The zero-order chi connectivity index (χ0) is 14.0. The maximum absolute atomic E-state index is 13.6. The number of hydrogen-bond acceptors (Lipinski definition) is 2. The molecule has 1 amide bonds. The molecule has 2 atom stereocenters. The van der Waals surface area contributed by atoms with Crippen LogP contribution in [0.3, 0.4) is 0 Å². The molecule has 0 aliphatic heterocycles. The second kappa shape index (κ2) is 5.84. The molecule has 0 saturated heterocycles. The number of benzene rings is 1. The van der Waals surface area contributed by atoms with E-state index in [0.29, 0.717) is 12.8 Å². The Bertz CT molecular complexity index is 496. The number of carbonyl (C=O) groups excluding carboxylic acids is 1. The van der Waals surface area contributed by atoms with Gasteiger partial charge in [-0.3, -0.25) is 4.79 Å². The number of amides is 1. The third-order valence-corrected chi connectivity index (χ3v) is 3.59. The van der Waals surface area contributed by atoms with Gasteiger partial charge in [0, 0.05) is 0 Å². The molecular weight excluding hydrogens is 276 g/mol. The minimum atomic E-state index is -0.880. The minimum absolute atomic E-state index is 0.369. The van der Waals surface area contributed by atoms with Crippen molar-refractivity contribution in [3.8, 4) is 0 Å². The van der Waals surface area contributed by atoms with E-state index in [-0.39, 0.29) is 5.02 Å². The van der Waals surface area contributed by atoms with Crippen LogP contribution in [0.5, 0.6) is 0 Å². The maximum atomic E-state index is 13.6. The molecule has 6 heteroatoms. The van der Waals surface area contributed by atoms with Gasteiger partial charge in [-0.1, -0.05) is 24.4 Å². The molecule has 19 heavy (non-hydrogen) atoms. The van der Waals surface area contributed by atoms with Crippen LogP contribution in [0.2, 0.25) is 5.02 Å². The van der Waals surface area contributed by atoms with Gasteiger partial charge in [0.25, 0.3) is 5.91 Å². The molecule has 1 aromatic carbocycles. The monoisotopic (exact) mass is 289 g/mol. The standard InChI is InChI=1S/C13H14ClF2NO2/c14-8-6-9(15)7(5-10(8)16)13(19)17-11-3-1-2-4-12(11)18/h5-6,11-12,18H,1-4H2,(H,17,19)/t11-,12-/m0/s1. The minimum Gasteiger partial charge on any atom is -0.391 e. The van der Waals surface area contributed by atoms with Crippen LogP contribution in [0.1, 0.15) is 36.0 Å². The van der Waals surface area contributed by atoms with Crippen LogP contribution >= 0.6 is 11.6 Å². The number of halogens is 3. The number of carbonyl (C=O) groups is 1. The van der Waals surface area contributed by atoms with Crippen molar-refractivity contribution in [3.05, 3.63) is 34.4 Å². The Hall–Kier alpha value is -1.20. The summed E-state index contributed by atoms with van der Waals surface area (Å²) in [7, 11) is 0. The fourth-order valence-electron chi connectivity index (χ4n) is 2.22. The fourth-order valence-corrected chi connectivity index (χ4v) is 2.37. The Morgan fingerprint density at radius 2 is 1.95 bits per heavy atom. The van der Waals surface area contributed by atoms with Crippen molar-refractivity contribution < 1.29 is 18.7 Å². The van der Waals surface area contributed by atoms with Crippen LogP contribution in [0.4, 0.5) is 8.78 Å². The third kappa shape index (κ3) is 3.22. The summed E-state index contributed by atoms with van der Waals surface area (Å²) in [6, 6.07) is 1.12. The average Bonchev–Trinajstić information content (AvgIpc) is 2.36. The van der Waals surface area contributed by atoms with Gasteiger partial charge >= 0.3 is 0 Å². The highest BCUT2D eigenvalue weighted by Gasteiger charge is 2.26. The summed E-state index contributed by atoms with van der Waals surface area (Å²) in [6.45, 7) is 0. The van der Waals surface area contributed by atoms with Crippen LogP contribution in [0, 0.1) is 11.6 Å². The van der Waals surface area contributed by atoms with Crippen molar-refractivity contribution in [2.24, 2.45) is 0 Å². The van der Waals surface area contributed by atoms with Gasteiger partial charge in [0.05, 0.1) is 22.7 Å². The zero-order valence-corrected chi connectivity index (χ0v) is 10.9. The molecule has 1 aliphatic rings. The average molecular weight is 290 g/mol. The van der Waals surface area contributed by atoms with Crippen LogP contribution in [-0.2, 0) is 0 Å². The summed E-state index contributed by atoms with van der Waals surface area (Å²) >= 11 is 5.42. The molecule has 1 aliphatic carbocycles. The second-order valence-corrected chi connectivity index (χ2v) is 5.09. The molecule has 1 saturated carbocycles. The lowest BCUT2D eigenvalue weighted by atomic mass is 9.92. The van der Waals surface area contributed by atoms with Gasteiger partial charge in [-0.15, -0.1) is 0 Å². The molecule has 0 heterocycles.